The molecule has 2 aliphatic rings. The van der Waals surface area contributed by atoms with Gasteiger partial charge in [-0.05, 0) is 30.6 Å². The molecule has 0 bridgehead atoms. The van der Waals surface area contributed by atoms with Crippen molar-refractivity contribution in [2.24, 2.45) is 17.8 Å². The molecule has 19 heavy (non-hydrogen) atoms. The van der Waals surface area contributed by atoms with Crippen LogP contribution in [0.5, 0.6) is 0 Å². The molecule has 1 aliphatic carbocycles. The van der Waals surface area contributed by atoms with Crippen molar-refractivity contribution in [2.45, 2.75) is 58.1 Å². The predicted octanol–water partition coefficient (Wildman–Crippen LogP) is 2.84. The van der Waals surface area contributed by atoms with E-state index in [4.69, 9.17) is 9.47 Å². The van der Waals surface area contributed by atoms with Crippen molar-refractivity contribution in [1.82, 2.24) is 5.32 Å². The topological polar surface area (TPSA) is 30.5 Å². The van der Waals surface area contributed by atoms with Crippen molar-refractivity contribution >= 4 is 0 Å². The number of hydrogen-bond donors (Lipinski definition) is 1. The van der Waals surface area contributed by atoms with Crippen LogP contribution in [-0.4, -0.2) is 38.5 Å². The minimum Gasteiger partial charge on any atom is -0.378 e. The van der Waals surface area contributed by atoms with Crippen molar-refractivity contribution in [3.63, 3.8) is 0 Å². The lowest BCUT2D eigenvalue weighted by molar-refractivity contribution is -0.0211. The summed E-state index contributed by atoms with van der Waals surface area (Å²) in [5, 5.41) is 3.81. The molecule has 1 saturated carbocycles. The van der Waals surface area contributed by atoms with Gasteiger partial charge in [0.05, 0.1) is 6.61 Å². The second-order valence-corrected chi connectivity index (χ2v) is 7.00. The Balaban J connectivity index is 1.91. The summed E-state index contributed by atoms with van der Waals surface area (Å²) in [5.41, 5.74) is -0.0811. The highest BCUT2D eigenvalue weighted by Gasteiger charge is 2.37. The predicted molar refractivity (Wildman–Crippen MR) is 78.3 cm³/mol. The van der Waals surface area contributed by atoms with Crippen molar-refractivity contribution < 1.29 is 9.47 Å². The molecule has 2 rings (SSSR count). The van der Waals surface area contributed by atoms with Gasteiger partial charge in [-0.2, -0.15) is 0 Å². The minimum absolute atomic E-state index is 0.0811. The average Bonchev–Trinajstić information content (AvgIpc) is 2.85. The van der Waals surface area contributed by atoms with Gasteiger partial charge in [-0.1, -0.05) is 27.2 Å². The first-order chi connectivity index (χ1) is 9.06. The van der Waals surface area contributed by atoms with Gasteiger partial charge in [-0.15, -0.1) is 0 Å². The Morgan fingerprint density at radius 3 is 2.74 bits per heavy atom. The Hall–Kier alpha value is -0.120. The van der Waals surface area contributed by atoms with Gasteiger partial charge in [0.1, 0.15) is 5.60 Å². The molecule has 0 radical (unpaired) electrons. The summed E-state index contributed by atoms with van der Waals surface area (Å²) in [4.78, 5) is 0. The van der Waals surface area contributed by atoms with Crippen LogP contribution >= 0.6 is 0 Å². The van der Waals surface area contributed by atoms with Crippen molar-refractivity contribution in [3.05, 3.63) is 0 Å². The van der Waals surface area contributed by atoms with Gasteiger partial charge in [0.2, 0.25) is 0 Å². The molecule has 0 aromatic carbocycles. The van der Waals surface area contributed by atoms with Gasteiger partial charge in [-0.25, -0.2) is 0 Å². The van der Waals surface area contributed by atoms with Crippen LogP contribution < -0.4 is 5.32 Å². The Kier molecular flexibility index (Phi) is 5.27. The summed E-state index contributed by atoms with van der Waals surface area (Å²) in [6.07, 6.45) is 5.08. The zero-order valence-electron chi connectivity index (χ0n) is 13.1. The number of ether oxygens (including phenoxy) is 2. The highest BCUT2D eigenvalue weighted by atomic mass is 16.5. The monoisotopic (exact) mass is 269 g/mol. The molecule has 3 heteroatoms. The second-order valence-electron chi connectivity index (χ2n) is 7.00. The molecule has 1 N–H and O–H groups in total. The second kappa shape index (κ2) is 6.55. The van der Waals surface area contributed by atoms with Crippen molar-refractivity contribution in [2.75, 3.05) is 26.9 Å². The molecular formula is C16H31NO2. The third-order valence-corrected chi connectivity index (χ3v) is 5.21. The molecule has 1 aliphatic heterocycles. The summed E-state index contributed by atoms with van der Waals surface area (Å²) in [5.74, 6) is 2.43. The molecule has 2 fully saturated rings. The fourth-order valence-electron chi connectivity index (χ4n) is 3.72. The van der Waals surface area contributed by atoms with Crippen molar-refractivity contribution in [3.8, 4) is 0 Å². The van der Waals surface area contributed by atoms with Gasteiger partial charge in [0, 0.05) is 32.7 Å². The van der Waals surface area contributed by atoms with Gasteiger partial charge in [0.25, 0.3) is 0 Å². The molecule has 0 amide bonds. The molecule has 3 nitrogen and oxygen atoms in total. The molecule has 0 spiro atoms. The van der Waals surface area contributed by atoms with E-state index in [1.165, 1.54) is 19.3 Å². The van der Waals surface area contributed by atoms with E-state index in [1.54, 1.807) is 0 Å². The standard InChI is InChI=1S/C16H31NO2/c1-12(2)14-6-5-13(3)9-15(14)17-10-16(18-4)7-8-19-11-16/h12-15,17H,5-11H2,1-4H3. The van der Waals surface area contributed by atoms with E-state index in [9.17, 15) is 0 Å². The first-order valence-electron chi connectivity index (χ1n) is 7.92. The Morgan fingerprint density at radius 1 is 1.37 bits per heavy atom. The number of rotatable bonds is 5. The maximum absolute atomic E-state index is 5.72. The SMILES string of the molecule is COC1(CNC2CC(C)CCC2C(C)C)CCOC1. The normalized spacial score (nSPS) is 39.9. The number of methoxy groups -OCH3 is 1. The molecule has 1 heterocycles. The van der Waals surface area contributed by atoms with E-state index in [0.717, 1.165) is 43.9 Å². The number of hydrogen-bond acceptors (Lipinski definition) is 3. The minimum atomic E-state index is -0.0811. The Morgan fingerprint density at radius 2 is 2.16 bits per heavy atom. The zero-order valence-corrected chi connectivity index (χ0v) is 13.1. The lowest BCUT2D eigenvalue weighted by Gasteiger charge is -2.39. The molecular weight excluding hydrogens is 238 g/mol. The van der Waals surface area contributed by atoms with Crippen LogP contribution in [0.1, 0.15) is 46.5 Å². The Bertz CT molecular complexity index is 274. The van der Waals surface area contributed by atoms with Gasteiger partial charge in [-0.3, -0.25) is 0 Å². The molecule has 4 unspecified atom stereocenters. The van der Waals surface area contributed by atoms with Gasteiger partial charge >= 0.3 is 0 Å². The van der Waals surface area contributed by atoms with Crippen LogP contribution in [0, 0.1) is 17.8 Å². The van der Waals surface area contributed by atoms with Gasteiger partial charge < -0.3 is 14.8 Å². The molecule has 1 saturated heterocycles. The van der Waals surface area contributed by atoms with Crippen LogP contribution in [0.3, 0.4) is 0 Å². The lowest BCUT2D eigenvalue weighted by Crippen LogP contribution is -2.50. The zero-order chi connectivity index (χ0) is 13.9. The molecule has 0 aromatic rings. The van der Waals surface area contributed by atoms with E-state index in [-0.39, 0.29) is 5.60 Å². The van der Waals surface area contributed by atoms with Gasteiger partial charge in [0.15, 0.2) is 0 Å². The average molecular weight is 269 g/mol. The van der Waals surface area contributed by atoms with Crippen LogP contribution in [0.25, 0.3) is 0 Å². The van der Waals surface area contributed by atoms with Crippen LogP contribution in [0.15, 0.2) is 0 Å². The quantitative estimate of drug-likeness (QED) is 0.832. The van der Waals surface area contributed by atoms with E-state index < -0.39 is 0 Å². The summed E-state index contributed by atoms with van der Waals surface area (Å²) in [6, 6.07) is 0.649. The number of nitrogens with one attached hydrogen (secondary N) is 1. The third kappa shape index (κ3) is 3.71. The first-order valence-corrected chi connectivity index (χ1v) is 7.92. The maximum atomic E-state index is 5.72. The molecule has 112 valence electrons. The summed E-state index contributed by atoms with van der Waals surface area (Å²) < 4.78 is 11.2. The van der Waals surface area contributed by atoms with Crippen LogP contribution in [-0.2, 0) is 9.47 Å². The highest BCUT2D eigenvalue weighted by Crippen LogP contribution is 2.34. The third-order valence-electron chi connectivity index (χ3n) is 5.21. The summed E-state index contributed by atoms with van der Waals surface area (Å²) in [6.45, 7) is 9.62. The van der Waals surface area contributed by atoms with E-state index >= 15 is 0 Å². The van der Waals surface area contributed by atoms with Crippen LogP contribution in [0.2, 0.25) is 0 Å². The lowest BCUT2D eigenvalue weighted by atomic mass is 9.74. The van der Waals surface area contributed by atoms with E-state index in [0.29, 0.717) is 6.04 Å². The van der Waals surface area contributed by atoms with E-state index in [2.05, 4.69) is 26.1 Å². The fraction of sp³-hybridized carbons (Fsp3) is 1.00. The summed E-state index contributed by atoms with van der Waals surface area (Å²) >= 11 is 0. The largest absolute Gasteiger partial charge is 0.378 e. The Labute approximate surface area is 118 Å². The smallest absolute Gasteiger partial charge is 0.106 e. The highest BCUT2D eigenvalue weighted by molar-refractivity contribution is 4.91. The first kappa shape index (κ1) is 15.3. The fourth-order valence-corrected chi connectivity index (χ4v) is 3.72. The van der Waals surface area contributed by atoms with Crippen molar-refractivity contribution in [1.29, 1.82) is 0 Å². The summed E-state index contributed by atoms with van der Waals surface area (Å²) in [7, 11) is 1.82. The molecule has 4 atom stereocenters. The maximum Gasteiger partial charge on any atom is 0.106 e. The van der Waals surface area contributed by atoms with E-state index in [1.807, 2.05) is 7.11 Å². The van der Waals surface area contributed by atoms with Crippen LogP contribution in [0.4, 0.5) is 0 Å². The molecule has 0 aromatic heterocycles.